The predicted octanol–water partition coefficient (Wildman–Crippen LogP) is 3.79. The topological polar surface area (TPSA) is 26.0 Å². The first-order valence-corrected chi connectivity index (χ1v) is 4.68. The first-order valence-electron chi connectivity index (χ1n) is 3.51. The summed E-state index contributed by atoms with van der Waals surface area (Å²) in [5, 5.41) is 0.483. The van der Waals surface area contributed by atoms with Crippen molar-refractivity contribution < 1.29 is 8.78 Å². The van der Waals surface area contributed by atoms with Crippen LogP contribution in [0.4, 0.5) is 8.78 Å². The minimum atomic E-state index is -2.57. The van der Waals surface area contributed by atoms with Crippen molar-refractivity contribution in [2.45, 2.75) is 12.5 Å². The van der Waals surface area contributed by atoms with E-state index in [9.17, 15) is 8.78 Å². The molecule has 14 heavy (non-hydrogen) atoms. The number of alkyl halides is 2. The Hall–Kier alpha value is 0.1000. The van der Waals surface area contributed by atoms with Crippen LogP contribution in [0.5, 0.6) is 0 Å². The largest absolute Gasteiger partial charge is 0.319 e. The van der Waals surface area contributed by atoms with E-state index in [-0.39, 0.29) is 12.4 Å². The molecule has 0 saturated carbocycles. The molecule has 0 aliphatic rings. The van der Waals surface area contributed by atoms with Crippen LogP contribution >= 0.6 is 39.9 Å². The SMILES string of the molecule is Cl.N[C@@H](c1ccc(Cl)cc1Br)C(F)F. The molecule has 6 heteroatoms. The van der Waals surface area contributed by atoms with Crippen molar-refractivity contribution in [2.75, 3.05) is 0 Å². The van der Waals surface area contributed by atoms with Gasteiger partial charge in [0.15, 0.2) is 0 Å². The summed E-state index contributed by atoms with van der Waals surface area (Å²) in [6, 6.07) is 3.29. The molecule has 0 heterocycles. The number of hydrogen-bond donors (Lipinski definition) is 1. The number of rotatable bonds is 2. The molecule has 80 valence electrons. The van der Waals surface area contributed by atoms with Crippen LogP contribution in [-0.4, -0.2) is 6.43 Å². The first-order chi connectivity index (χ1) is 6.02. The normalized spacial score (nSPS) is 12.4. The van der Waals surface area contributed by atoms with Gasteiger partial charge in [0.2, 0.25) is 0 Å². The third-order valence-corrected chi connectivity index (χ3v) is 2.51. The van der Waals surface area contributed by atoms with Gasteiger partial charge in [0, 0.05) is 9.50 Å². The lowest BCUT2D eigenvalue weighted by Gasteiger charge is -2.12. The monoisotopic (exact) mass is 305 g/mol. The van der Waals surface area contributed by atoms with Crippen LogP contribution < -0.4 is 5.73 Å². The van der Waals surface area contributed by atoms with Gasteiger partial charge < -0.3 is 5.73 Å². The minimum Gasteiger partial charge on any atom is -0.319 e. The average Bonchev–Trinajstić information content (AvgIpc) is 2.03. The lowest BCUT2D eigenvalue weighted by atomic mass is 10.1. The van der Waals surface area contributed by atoms with Gasteiger partial charge in [-0.3, -0.25) is 0 Å². The van der Waals surface area contributed by atoms with Crippen molar-refractivity contribution >= 4 is 39.9 Å². The summed E-state index contributed by atoms with van der Waals surface area (Å²) in [4.78, 5) is 0. The van der Waals surface area contributed by atoms with E-state index in [2.05, 4.69) is 15.9 Å². The van der Waals surface area contributed by atoms with Gasteiger partial charge in [-0.25, -0.2) is 8.78 Å². The summed E-state index contributed by atoms with van der Waals surface area (Å²) < 4.78 is 24.9. The second kappa shape index (κ2) is 5.85. The van der Waals surface area contributed by atoms with Crippen LogP contribution in [0.1, 0.15) is 11.6 Å². The summed E-state index contributed by atoms with van der Waals surface area (Å²) in [6.45, 7) is 0. The molecule has 1 aromatic rings. The number of hydrogen-bond acceptors (Lipinski definition) is 1. The van der Waals surface area contributed by atoms with Crippen molar-refractivity contribution in [3.05, 3.63) is 33.3 Å². The van der Waals surface area contributed by atoms with Crippen LogP contribution in [0.25, 0.3) is 0 Å². The van der Waals surface area contributed by atoms with E-state index in [1.807, 2.05) is 0 Å². The van der Waals surface area contributed by atoms with E-state index in [1.165, 1.54) is 12.1 Å². The fourth-order valence-corrected chi connectivity index (χ4v) is 1.85. The van der Waals surface area contributed by atoms with E-state index < -0.39 is 12.5 Å². The third kappa shape index (κ3) is 3.35. The molecular formula is C8H8BrCl2F2N. The van der Waals surface area contributed by atoms with E-state index in [1.54, 1.807) is 6.07 Å². The Kier molecular flexibility index (Phi) is 5.90. The molecule has 0 fully saturated rings. The Morgan fingerprint density at radius 2 is 1.93 bits per heavy atom. The highest BCUT2D eigenvalue weighted by Gasteiger charge is 2.19. The quantitative estimate of drug-likeness (QED) is 0.884. The zero-order chi connectivity index (χ0) is 10.0. The summed E-state index contributed by atoms with van der Waals surface area (Å²) in [6.07, 6.45) is -2.57. The van der Waals surface area contributed by atoms with E-state index in [0.717, 1.165) is 0 Å². The van der Waals surface area contributed by atoms with Crippen molar-refractivity contribution in [1.29, 1.82) is 0 Å². The Bertz CT molecular complexity index is 309. The zero-order valence-corrected chi connectivity index (χ0v) is 10.0. The van der Waals surface area contributed by atoms with Gasteiger partial charge in [-0.15, -0.1) is 12.4 Å². The average molecular weight is 307 g/mol. The highest BCUT2D eigenvalue weighted by molar-refractivity contribution is 9.10. The molecule has 1 atom stereocenters. The van der Waals surface area contributed by atoms with Gasteiger partial charge in [-0.2, -0.15) is 0 Å². The van der Waals surface area contributed by atoms with Gasteiger partial charge in [0.1, 0.15) is 0 Å². The Labute approximate surface area is 100 Å². The van der Waals surface area contributed by atoms with Crippen LogP contribution in [-0.2, 0) is 0 Å². The number of nitrogens with two attached hydrogens (primary N) is 1. The van der Waals surface area contributed by atoms with Gasteiger partial charge >= 0.3 is 0 Å². The second-order valence-corrected chi connectivity index (χ2v) is 3.82. The molecule has 0 aliphatic heterocycles. The Morgan fingerprint density at radius 3 is 2.36 bits per heavy atom. The Morgan fingerprint density at radius 1 is 1.36 bits per heavy atom. The summed E-state index contributed by atoms with van der Waals surface area (Å²) in [5.74, 6) is 0. The van der Waals surface area contributed by atoms with Gasteiger partial charge in [-0.1, -0.05) is 33.6 Å². The van der Waals surface area contributed by atoms with Crippen molar-refractivity contribution in [1.82, 2.24) is 0 Å². The molecule has 0 saturated heterocycles. The standard InChI is InChI=1S/C8H7BrClF2N.ClH/c9-6-3-4(10)1-2-5(6)7(13)8(11)12;/h1-3,7-8H,13H2;1H/t7-;/m0./s1. The maximum atomic E-state index is 12.2. The molecule has 0 radical (unpaired) electrons. The zero-order valence-electron chi connectivity index (χ0n) is 6.88. The van der Waals surface area contributed by atoms with E-state index >= 15 is 0 Å². The molecule has 1 aromatic carbocycles. The lowest BCUT2D eigenvalue weighted by Crippen LogP contribution is -2.19. The molecule has 0 spiro atoms. The smallest absolute Gasteiger partial charge is 0.257 e. The lowest BCUT2D eigenvalue weighted by molar-refractivity contribution is 0.116. The summed E-state index contributed by atoms with van der Waals surface area (Å²) in [7, 11) is 0. The molecule has 0 amide bonds. The number of halogens is 5. The van der Waals surface area contributed by atoms with E-state index in [4.69, 9.17) is 17.3 Å². The second-order valence-electron chi connectivity index (χ2n) is 2.53. The van der Waals surface area contributed by atoms with Crippen LogP contribution in [0.15, 0.2) is 22.7 Å². The predicted molar refractivity (Wildman–Crippen MR) is 59.3 cm³/mol. The fourth-order valence-electron chi connectivity index (χ4n) is 0.908. The summed E-state index contributed by atoms with van der Waals surface area (Å²) in [5.41, 5.74) is 5.63. The maximum absolute atomic E-state index is 12.2. The molecule has 0 bridgehead atoms. The van der Waals surface area contributed by atoms with Crippen LogP contribution in [0.2, 0.25) is 5.02 Å². The van der Waals surface area contributed by atoms with Crippen LogP contribution in [0, 0.1) is 0 Å². The maximum Gasteiger partial charge on any atom is 0.257 e. The third-order valence-electron chi connectivity index (χ3n) is 1.59. The Balaban J connectivity index is 0.00000169. The van der Waals surface area contributed by atoms with Crippen molar-refractivity contribution in [3.8, 4) is 0 Å². The van der Waals surface area contributed by atoms with Gasteiger partial charge in [-0.05, 0) is 17.7 Å². The van der Waals surface area contributed by atoms with E-state index in [0.29, 0.717) is 15.1 Å². The first kappa shape index (κ1) is 14.1. The molecule has 0 aromatic heterocycles. The molecule has 2 N–H and O–H groups in total. The molecular weight excluding hydrogens is 299 g/mol. The highest BCUT2D eigenvalue weighted by Crippen LogP contribution is 2.28. The van der Waals surface area contributed by atoms with Crippen molar-refractivity contribution in [3.63, 3.8) is 0 Å². The summed E-state index contributed by atoms with van der Waals surface area (Å²) >= 11 is 8.76. The highest BCUT2D eigenvalue weighted by atomic mass is 79.9. The van der Waals surface area contributed by atoms with Gasteiger partial charge in [0.25, 0.3) is 6.43 Å². The van der Waals surface area contributed by atoms with Crippen molar-refractivity contribution in [2.24, 2.45) is 5.73 Å². The number of benzene rings is 1. The molecule has 1 nitrogen and oxygen atoms in total. The van der Waals surface area contributed by atoms with Crippen LogP contribution in [0.3, 0.4) is 0 Å². The fraction of sp³-hybridized carbons (Fsp3) is 0.250. The minimum absolute atomic E-state index is 0. The van der Waals surface area contributed by atoms with Gasteiger partial charge in [0.05, 0.1) is 6.04 Å². The molecule has 0 aliphatic carbocycles. The molecule has 0 unspecified atom stereocenters. The molecule has 1 rings (SSSR count).